The molecule has 2 aromatic carbocycles. The lowest BCUT2D eigenvalue weighted by molar-refractivity contribution is 0.0698. The summed E-state index contributed by atoms with van der Waals surface area (Å²) in [7, 11) is 0. The van der Waals surface area contributed by atoms with Gasteiger partial charge in [-0.25, -0.2) is 19.7 Å². The van der Waals surface area contributed by atoms with E-state index in [4.69, 9.17) is 15.1 Å². The van der Waals surface area contributed by atoms with Gasteiger partial charge in [0.2, 0.25) is 11.8 Å². The third-order valence-electron chi connectivity index (χ3n) is 6.83. The first-order chi connectivity index (χ1) is 18.0. The Morgan fingerprint density at radius 2 is 1.95 bits per heavy atom. The predicted octanol–water partition coefficient (Wildman–Crippen LogP) is 5.57. The van der Waals surface area contributed by atoms with Crippen molar-refractivity contribution in [3.63, 3.8) is 0 Å². The first kappa shape index (κ1) is 23.4. The molecule has 37 heavy (non-hydrogen) atoms. The molecule has 0 saturated carbocycles. The minimum Gasteiger partial charge on any atom is -0.478 e. The maximum Gasteiger partial charge on any atom is 0.337 e. The van der Waals surface area contributed by atoms with E-state index in [0.29, 0.717) is 11.5 Å². The van der Waals surface area contributed by atoms with Crippen molar-refractivity contribution in [2.45, 2.75) is 39.2 Å². The van der Waals surface area contributed by atoms with E-state index < -0.39 is 5.97 Å². The lowest BCUT2D eigenvalue weighted by Gasteiger charge is -2.28. The van der Waals surface area contributed by atoms with Crippen LogP contribution >= 0.6 is 11.3 Å². The van der Waals surface area contributed by atoms with Gasteiger partial charge in [-0.2, -0.15) is 4.52 Å². The number of aromatic nitrogens is 5. The number of carboxylic acids is 1. The second-order valence-corrected chi connectivity index (χ2v) is 10.2. The Labute approximate surface area is 217 Å². The molecule has 2 N–H and O–H groups in total. The summed E-state index contributed by atoms with van der Waals surface area (Å²) in [5, 5.41) is 20.8. The Bertz CT molecular complexity index is 1610. The minimum atomic E-state index is -0.963. The summed E-state index contributed by atoms with van der Waals surface area (Å²) in [6.45, 7) is 5.92. The van der Waals surface area contributed by atoms with Gasteiger partial charge in [-0.15, -0.1) is 16.4 Å². The van der Waals surface area contributed by atoms with E-state index in [9.17, 15) is 9.90 Å². The van der Waals surface area contributed by atoms with Crippen molar-refractivity contribution in [2.75, 3.05) is 23.3 Å². The van der Waals surface area contributed by atoms with Gasteiger partial charge in [0.15, 0.2) is 5.65 Å². The lowest BCUT2D eigenvalue weighted by atomic mass is 10.0. The second-order valence-electron chi connectivity index (χ2n) is 9.47. The van der Waals surface area contributed by atoms with Crippen LogP contribution in [0.4, 0.5) is 11.6 Å². The minimum absolute atomic E-state index is 0.201. The topological polar surface area (TPSA) is 109 Å². The van der Waals surface area contributed by atoms with Crippen LogP contribution in [-0.2, 0) is 0 Å². The van der Waals surface area contributed by atoms with Crippen molar-refractivity contribution in [2.24, 2.45) is 0 Å². The van der Waals surface area contributed by atoms with Gasteiger partial charge in [-0.05, 0) is 56.9 Å². The van der Waals surface area contributed by atoms with E-state index in [0.717, 1.165) is 65.3 Å². The fourth-order valence-corrected chi connectivity index (χ4v) is 5.57. The molecule has 1 atom stereocenters. The highest BCUT2D eigenvalue weighted by atomic mass is 32.1. The molecule has 0 aliphatic carbocycles. The standard InChI is InChI=1S/C27H27N7O2S/c1-16-12-19(17(2)29-21-9-5-4-8-18(21)26(35)36)23-20(13-16)25-31-24(22-14-37-15-28-22)32-34(25)27(30-23)33-10-6-3-7-11-33/h4-5,8-9,12-15,17,29H,3,6-7,10-11H2,1-2H3,(H,35,36)/t17-/m1/s1. The number of para-hydroxylation sites is 1. The molecule has 0 radical (unpaired) electrons. The molecule has 188 valence electrons. The molecule has 5 aromatic rings. The van der Waals surface area contributed by atoms with Crippen molar-refractivity contribution < 1.29 is 9.90 Å². The number of anilines is 2. The van der Waals surface area contributed by atoms with Gasteiger partial charge in [-0.1, -0.05) is 18.2 Å². The number of nitrogens with one attached hydrogen (secondary N) is 1. The van der Waals surface area contributed by atoms with E-state index in [1.165, 1.54) is 17.8 Å². The molecule has 9 nitrogen and oxygen atoms in total. The number of carbonyl (C=O) groups is 1. The van der Waals surface area contributed by atoms with Gasteiger partial charge in [-0.3, -0.25) is 0 Å². The summed E-state index contributed by atoms with van der Waals surface area (Å²) in [6.07, 6.45) is 3.43. The monoisotopic (exact) mass is 513 g/mol. The molecular formula is C27H27N7O2S. The molecule has 0 amide bonds. The van der Waals surface area contributed by atoms with Crippen molar-refractivity contribution in [3.05, 3.63) is 64.0 Å². The molecule has 10 heteroatoms. The fourth-order valence-electron chi connectivity index (χ4n) is 5.04. The van der Waals surface area contributed by atoms with Crippen LogP contribution in [0, 0.1) is 6.92 Å². The van der Waals surface area contributed by atoms with Crippen molar-refractivity contribution >= 4 is 45.5 Å². The Kier molecular flexibility index (Phi) is 5.96. The van der Waals surface area contributed by atoms with Gasteiger partial charge in [0.05, 0.1) is 22.6 Å². The normalized spacial score (nSPS) is 14.8. The summed E-state index contributed by atoms with van der Waals surface area (Å²) in [5.74, 6) is 0.396. The van der Waals surface area contributed by atoms with Gasteiger partial charge >= 0.3 is 5.97 Å². The van der Waals surface area contributed by atoms with E-state index >= 15 is 0 Å². The highest BCUT2D eigenvalue weighted by Crippen LogP contribution is 2.33. The molecular weight excluding hydrogens is 486 g/mol. The van der Waals surface area contributed by atoms with Gasteiger partial charge in [0, 0.05) is 35.1 Å². The van der Waals surface area contributed by atoms with E-state index in [-0.39, 0.29) is 11.6 Å². The van der Waals surface area contributed by atoms with E-state index in [1.807, 2.05) is 29.8 Å². The van der Waals surface area contributed by atoms with Gasteiger partial charge in [0.25, 0.3) is 0 Å². The summed E-state index contributed by atoms with van der Waals surface area (Å²) in [6, 6.07) is 11.0. The Hall–Kier alpha value is -4.05. The zero-order valence-corrected chi connectivity index (χ0v) is 21.5. The van der Waals surface area contributed by atoms with Crippen molar-refractivity contribution in [1.29, 1.82) is 0 Å². The highest BCUT2D eigenvalue weighted by Gasteiger charge is 2.24. The molecule has 0 bridgehead atoms. The number of aromatic carboxylic acids is 1. The maximum atomic E-state index is 11.8. The summed E-state index contributed by atoms with van der Waals surface area (Å²) < 4.78 is 1.86. The number of fused-ring (bicyclic) bond motifs is 3. The first-order valence-electron chi connectivity index (χ1n) is 12.4. The molecule has 0 spiro atoms. The Balaban J connectivity index is 1.55. The molecule has 6 rings (SSSR count). The second kappa shape index (κ2) is 9.44. The number of aryl methyl sites for hydroxylation is 1. The number of rotatable bonds is 6. The smallest absolute Gasteiger partial charge is 0.337 e. The Morgan fingerprint density at radius 1 is 1.14 bits per heavy atom. The molecule has 1 fully saturated rings. The quantitative estimate of drug-likeness (QED) is 0.303. The third-order valence-corrected chi connectivity index (χ3v) is 7.42. The summed E-state index contributed by atoms with van der Waals surface area (Å²) >= 11 is 1.52. The zero-order chi connectivity index (χ0) is 25.5. The van der Waals surface area contributed by atoms with Gasteiger partial charge < -0.3 is 15.3 Å². The molecule has 4 heterocycles. The number of piperidine rings is 1. The van der Waals surface area contributed by atoms with Crippen LogP contribution in [-0.4, -0.2) is 48.7 Å². The largest absolute Gasteiger partial charge is 0.478 e. The number of hydrogen-bond acceptors (Lipinski definition) is 8. The molecule has 1 aliphatic rings. The Morgan fingerprint density at radius 3 is 2.70 bits per heavy atom. The summed E-state index contributed by atoms with van der Waals surface area (Å²) in [5.41, 5.74) is 6.97. The summed E-state index contributed by atoms with van der Waals surface area (Å²) in [4.78, 5) is 28.6. The fraction of sp³-hybridized carbons (Fsp3) is 0.296. The van der Waals surface area contributed by atoms with Crippen LogP contribution in [0.3, 0.4) is 0 Å². The third kappa shape index (κ3) is 4.27. The average molecular weight is 514 g/mol. The molecule has 1 saturated heterocycles. The molecule has 3 aromatic heterocycles. The average Bonchev–Trinajstić information content (AvgIpc) is 3.59. The highest BCUT2D eigenvalue weighted by molar-refractivity contribution is 7.07. The predicted molar refractivity (Wildman–Crippen MR) is 146 cm³/mol. The molecule has 0 unspecified atom stereocenters. The number of nitrogens with zero attached hydrogens (tertiary/aromatic N) is 6. The first-order valence-corrected chi connectivity index (χ1v) is 13.4. The SMILES string of the molecule is Cc1cc([C@@H](C)Nc2ccccc2C(=O)O)c2nc(N3CCCCC3)n3nc(-c4cscn4)nc3c2c1. The lowest BCUT2D eigenvalue weighted by Crippen LogP contribution is -2.32. The van der Waals surface area contributed by atoms with E-state index in [2.05, 4.69) is 27.3 Å². The van der Waals surface area contributed by atoms with Crippen molar-refractivity contribution in [1.82, 2.24) is 24.6 Å². The van der Waals surface area contributed by atoms with Crippen LogP contribution < -0.4 is 10.2 Å². The van der Waals surface area contributed by atoms with E-state index in [1.54, 1.807) is 23.7 Å². The number of hydrogen-bond donors (Lipinski definition) is 2. The van der Waals surface area contributed by atoms with Crippen LogP contribution in [0.2, 0.25) is 0 Å². The number of thiazole rings is 1. The van der Waals surface area contributed by atoms with Crippen LogP contribution in [0.15, 0.2) is 47.3 Å². The van der Waals surface area contributed by atoms with Crippen molar-refractivity contribution in [3.8, 4) is 11.5 Å². The van der Waals surface area contributed by atoms with Crippen LogP contribution in [0.25, 0.3) is 28.1 Å². The molecule has 1 aliphatic heterocycles. The van der Waals surface area contributed by atoms with Gasteiger partial charge in [0.1, 0.15) is 5.69 Å². The van der Waals surface area contributed by atoms with Crippen LogP contribution in [0.1, 0.15) is 53.7 Å². The zero-order valence-electron chi connectivity index (χ0n) is 20.7. The number of carboxylic acid groups (broad SMARTS) is 1. The maximum absolute atomic E-state index is 11.8. The number of benzene rings is 2. The van der Waals surface area contributed by atoms with Crippen LogP contribution in [0.5, 0.6) is 0 Å².